The number of pyridine rings is 2. The fourth-order valence-electron chi connectivity index (χ4n) is 7.72. The summed E-state index contributed by atoms with van der Waals surface area (Å²) >= 11 is 0. The zero-order valence-electron chi connectivity index (χ0n) is 27.5. The number of aromatic nitrogens is 2. The molecule has 7 aromatic rings. The Morgan fingerprint density at radius 1 is 0.490 bits per heavy atom. The number of nitriles is 2. The summed E-state index contributed by atoms with van der Waals surface area (Å²) in [6.07, 6.45) is 5.83. The van der Waals surface area contributed by atoms with Crippen LogP contribution in [0.25, 0.3) is 39.0 Å². The lowest BCUT2D eigenvalue weighted by molar-refractivity contribution is 0.721. The van der Waals surface area contributed by atoms with E-state index in [9.17, 15) is 10.5 Å². The van der Waals surface area contributed by atoms with E-state index in [0.717, 1.165) is 44.6 Å². The first-order valence-electron chi connectivity index (χ1n) is 16.9. The van der Waals surface area contributed by atoms with Crippen molar-refractivity contribution in [3.8, 4) is 45.5 Å². The van der Waals surface area contributed by atoms with E-state index in [1.807, 2.05) is 24.3 Å². The van der Waals surface area contributed by atoms with Gasteiger partial charge >= 0.3 is 0 Å². The van der Waals surface area contributed by atoms with Gasteiger partial charge in [0.05, 0.1) is 6.04 Å². The summed E-state index contributed by atoms with van der Waals surface area (Å²) in [6.45, 7) is 0. The van der Waals surface area contributed by atoms with Crippen LogP contribution in [0, 0.1) is 22.7 Å². The highest BCUT2D eigenvalue weighted by molar-refractivity contribution is 5.91. The van der Waals surface area contributed by atoms with E-state index in [2.05, 4.69) is 154 Å². The molecule has 9 rings (SSSR count). The molecular formula is C46H29N5. The second kappa shape index (κ2) is 12.4. The molecule has 0 saturated heterocycles. The van der Waals surface area contributed by atoms with Gasteiger partial charge in [-0.15, -0.1) is 0 Å². The van der Waals surface area contributed by atoms with E-state index in [4.69, 9.17) is 0 Å². The molecule has 2 aliphatic rings. The Morgan fingerprint density at radius 3 is 1.73 bits per heavy atom. The zero-order valence-corrected chi connectivity index (χ0v) is 27.5. The quantitative estimate of drug-likeness (QED) is 0.185. The maximum Gasteiger partial charge on any atom is 0.141 e. The van der Waals surface area contributed by atoms with Gasteiger partial charge in [-0.2, -0.15) is 10.5 Å². The Bertz CT molecular complexity index is 2590. The maximum absolute atomic E-state index is 9.48. The van der Waals surface area contributed by atoms with Crippen LogP contribution in [0.5, 0.6) is 0 Å². The summed E-state index contributed by atoms with van der Waals surface area (Å²) in [4.78, 5) is 10.8. The minimum absolute atomic E-state index is 0.0462. The monoisotopic (exact) mass is 651 g/mol. The lowest BCUT2D eigenvalue weighted by Crippen LogP contribution is -2.31. The van der Waals surface area contributed by atoms with Crippen molar-refractivity contribution in [1.82, 2.24) is 9.97 Å². The molecule has 0 radical (unpaired) electrons. The average molecular weight is 652 g/mol. The molecule has 0 saturated carbocycles. The molecule has 238 valence electrons. The fraction of sp³-hybridized carbons (Fsp3) is 0.0435. The molecule has 0 fully saturated rings. The van der Waals surface area contributed by atoms with Crippen molar-refractivity contribution in [1.29, 1.82) is 10.5 Å². The van der Waals surface area contributed by atoms with Crippen molar-refractivity contribution in [2.45, 2.75) is 12.0 Å². The van der Waals surface area contributed by atoms with Gasteiger partial charge in [-0.05, 0) is 116 Å². The molecule has 0 amide bonds. The van der Waals surface area contributed by atoms with Crippen molar-refractivity contribution in [3.05, 3.63) is 198 Å². The molecule has 5 aromatic carbocycles. The minimum atomic E-state index is 0.0462. The summed E-state index contributed by atoms with van der Waals surface area (Å²) < 4.78 is 0. The topological polar surface area (TPSA) is 76.6 Å². The molecule has 5 nitrogen and oxygen atoms in total. The molecule has 0 bridgehead atoms. The standard InChI is InChI=1S/C46H29N5/c47-28-37-24-34(18-20-49-37)31-9-6-8-30(22-31)33-16-17-42-44(26-33)51(39-12-2-1-3-13-39)45-27-43(40-14-4-5-15-41(40)46(42)45)36-11-7-10-32(23-36)35-19-21-50-38(25-35)29-48/h1-27,45-46H. The second-order valence-corrected chi connectivity index (χ2v) is 12.9. The third-order valence-electron chi connectivity index (χ3n) is 10.0. The van der Waals surface area contributed by atoms with Gasteiger partial charge in [-0.25, -0.2) is 9.97 Å². The normalized spacial score (nSPS) is 15.5. The molecule has 2 aromatic heterocycles. The Hall–Kier alpha value is -7.08. The molecule has 0 spiro atoms. The van der Waals surface area contributed by atoms with Gasteiger partial charge in [0, 0.05) is 29.7 Å². The number of para-hydroxylation sites is 1. The predicted octanol–water partition coefficient (Wildman–Crippen LogP) is 10.3. The summed E-state index contributed by atoms with van der Waals surface area (Å²) in [5.41, 5.74) is 15.6. The molecule has 5 heteroatoms. The summed E-state index contributed by atoms with van der Waals surface area (Å²) in [7, 11) is 0. The highest BCUT2D eigenvalue weighted by atomic mass is 15.2. The Kier molecular flexibility index (Phi) is 7.31. The zero-order chi connectivity index (χ0) is 34.3. The number of benzene rings is 5. The SMILES string of the molecule is N#Cc1cc(-c2cccc(C3=CC4C(c5ccccc53)c3ccc(-c5cccc(-c6ccnc(C#N)c6)c5)cc3N4c3ccccc3)c2)ccn1. The number of nitrogens with zero attached hydrogens (tertiary/aromatic N) is 5. The average Bonchev–Trinajstić information content (AvgIpc) is 3.54. The number of fused-ring (bicyclic) bond motifs is 5. The Morgan fingerprint density at radius 2 is 1.06 bits per heavy atom. The third-order valence-corrected chi connectivity index (χ3v) is 10.0. The third kappa shape index (κ3) is 5.26. The minimum Gasteiger partial charge on any atom is -0.333 e. The van der Waals surface area contributed by atoms with Gasteiger partial charge in [0.2, 0.25) is 0 Å². The summed E-state index contributed by atoms with van der Waals surface area (Å²) in [5, 5.41) is 18.9. The van der Waals surface area contributed by atoms with E-state index in [1.165, 1.54) is 28.0 Å². The van der Waals surface area contributed by atoms with Crippen LogP contribution >= 0.6 is 0 Å². The van der Waals surface area contributed by atoms with Gasteiger partial charge in [0.1, 0.15) is 23.5 Å². The number of hydrogen-bond donors (Lipinski definition) is 0. The van der Waals surface area contributed by atoms with Crippen molar-refractivity contribution in [2.24, 2.45) is 0 Å². The highest BCUT2D eigenvalue weighted by Gasteiger charge is 2.43. The Balaban J connectivity index is 1.18. The van der Waals surface area contributed by atoms with E-state index in [1.54, 1.807) is 12.4 Å². The van der Waals surface area contributed by atoms with Crippen LogP contribution in [0.3, 0.4) is 0 Å². The molecule has 0 N–H and O–H groups in total. The number of hydrogen-bond acceptors (Lipinski definition) is 5. The van der Waals surface area contributed by atoms with Crippen molar-refractivity contribution in [3.63, 3.8) is 0 Å². The first-order chi connectivity index (χ1) is 25.2. The highest BCUT2D eigenvalue weighted by Crippen LogP contribution is 2.54. The number of rotatable bonds is 5. The molecule has 1 aliphatic heterocycles. The Labute approximate surface area is 296 Å². The second-order valence-electron chi connectivity index (χ2n) is 12.9. The largest absolute Gasteiger partial charge is 0.333 e. The summed E-state index contributed by atoms with van der Waals surface area (Å²) in [5.74, 6) is 0.142. The maximum atomic E-state index is 9.48. The van der Waals surface area contributed by atoms with Gasteiger partial charge in [0.15, 0.2) is 0 Å². The van der Waals surface area contributed by atoms with Crippen molar-refractivity contribution < 1.29 is 0 Å². The van der Waals surface area contributed by atoms with Crippen LogP contribution in [-0.4, -0.2) is 16.0 Å². The molecule has 3 heterocycles. The molecule has 51 heavy (non-hydrogen) atoms. The summed E-state index contributed by atoms with van der Waals surface area (Å²) in [6, 6.07) is 55.4. The fourth-order valence-corrected chi connectivity index (χ4v) is 7.72. The van der Waals surface area contributed by atoms with E-state index < -0.39 is 0 Å². The van der Waals surface area contributed by atoms with E-state index in [0.29, 0.717) is 11.4 Å². The van der Waals surface area contributed by atoms with Crippen LogP contribution in [0.1, 0.15) is 39.6 Å². The molecule has 2 atom stereocenters. The van der Waals surface area contributed by atoms with Crippen molar-refractivity contribution >= 4 is 16.9 Å². The molecular weight excluding hydrogens is 623 g/mol. The van der Waals surface area contributed by atoms with Crippen LogP contribution in [-0.2, 0) is 0 Å². The lowest BCUT2D eigenvalue weighted by Gasteiger charge is -2.34. The number of anilines is 2. The van der Waals surface area contributed by atoms with Gasteiger partial charge in [-0.3, -0.25) is 0 Å². The first kappa shape index (κ1) is 30.0. The smallest absolute Gasteiger partial charge is 0.141 e. The van der Waals surface area contributed by atoms with E-state index >= 15 is 0 Å². The molecule has 2 unspecified atom stereocenters. The van der Waals surface area contributed by atoms with Crippen molar-refractivity contribution in [2.75, 3.05) is 4.90 Å². The van der Waals surface area contributed by atoms with Gasteiger partial charge in [0.25, 0.3) is 0 Å². The van der Waals surface area contributed by atoms with Crippen LogP contribution in [0.4, 0.5) is 11.4 Å². The lowest BCUT2D eigenvalue weighted by atomic mass is 9.76. The van der Waals surface area contributed by atoms with Gasteiger partial charge < -0.3 is 4.90 Å². The van der Waals surface area contributed by atoms with Crippen LogP contribution in [0.2, 0.25) is 0 Å². The van der Waals surface area contributed by atoms with Crippen LogP contribution < -0.4 is 4.90 Å². The predicted molar refractivity (Wildman–Crippen MR) is 202 cm³/mol. The van der Waals surface area contributed by atoms with Crippen LogP contribution in [0.15, 0.2) is 164 Å². The van der Waals surface area contributed by atoms with Gasteiger partial charge in [-0.1, -0.05) is 97.1 Å². The first-order valence-corrected chi connectivity index (χ1v) is 16.9. The molecule has 1 aliphatic carbocycles. The van der Waals surface area contributed by atoms with E-state index in [-0.39, 0.29) is 12.0 Å².